The summed E-state index contributed by atoms with van der Waals surface area (Å²) in [6, 6.07) is 17.8. The molecule has 4 aromatic rings. The van der Waals surface area contributed by atoms with E-state index < -0.39 is 11.9 Å². The van der Waals surface area contributed by atoms with Gasteiger partial charge in [0.2, 0.25) is 5.91 Å². The smallest absolute Gasteiger partial charge is 0.287 e. The molecular weight excluding hydrogens is 374 g/mol. The average molecular weight is 391 g/mol. The van der Waals surface area contributed by atoms with Crippen molar-refractivity contribution >= 4 is 39.3 Å². The third kappa shape index (κ3) is 4.10. The lowest BCUT2D eigenvalue weighted by Gasteiger charge is -2.17. The minimum Gasteiger partial charge on any atom is -0.451 e. The van der Waals surface area contributed by atoms with Gasteiger partial charge in [0.05, 0.1) is 0 Å². The molecule has 2 N–H and O–H groups in total. The number of aromatic nitrogens is 1. The highest BCUT2D eigenvalue weighted by atomic mass is 32.1. The average Bonchev–Trinajstić information content (AvgIpc) is 3.37. The number of rotatable bonds is 6. The van der Waals surface area contributed by atoms with Crippen molar-refractivity contribution in [1.82, 2.24) is 10.3 Å². The van der Waals surface area contributed by atoms with Gasteiger partial charge in [-0.2, -0.15) is 0 Å². The number of fused-ring (bicyclic) bond motifs is 1. The minimum atomic E-state index is -0.771. The van der Waals surface area contributed by atoms with Crippen LogP contribution in [0.5, 0.6) is 0 Å². The van der Waals surface area contributed by atoms with Gasteiger partial charge in [0, 0.05) is 23.4 Å². The lowest BCUT2D eigenvalue weighted by Crippen LogP contribution is -2.45. The normalized spacial score (nSPS) is 11.9. The van der Waals surface area contributed by atoms with Gasteiger partial charge >= 0.3 is 0 Å². The first-order valence-electron chi connectivity index (χ1n) is 8.73. The number of carbonyl (C=O) groups excluding carboxylic acids is 2. The van der Waals surface area contributed by atoms with Gasteiger partial charge < -0.3 is 15.1 Å². The van der Waals surface area contributed by atoms with E-state index in [1.165, 1.54) is 11.3 Å². The molecule has 1 unspecified atom stereocenters. The van der Waals surface area contributed by atoms with Crippen molar-refractivity contribution in [3.05, 3.63) is 83.6 Å². The summed E-state index contributed by atoms with van der Waals surface area (Å²) in [5.41, 5.74) is 1.56. The maximum absolute atomic E-state index is 12.8. The van der Waals surface area contributed by atoms with Gasteiger partial charge in [-0.25, -0.2) is 4.98 Å². The molecule has 0 spiro atoms. The Balaban J connectivity index is 1.54. The van der Waals surface area contributed by atoms with E-state index in [0.717, 1.165) is 10.9 Å². The Morgan fingerprint density at radius 2 is 1.86 bits per heavy atom. The maximum Gasteiger partial charge on any atom is 0.287 e. The van der Waals surface area contributed by atoms with E-state index in [0.29, 0.717) is 17.1 Å². The summed E-state index contributed by atoms with van der Waals surface area (Å²) < 4.78 is 5.61. The number of para-hydroxylation sites is 1. The fraction of sp³-hybridized carbons (Fsp3) is 0.0952. The van der Waals surface area contributed by atoms with E-state index in [1.807, 2.05) is 48.5 Å². The van der Waals surface area contributed by atoms with Gasteiger partial charge in [0.25, 0.3) is 5.91 Å². The first kappa shape index (κ1) is 17.9. The number of thiazole rings is 1. The van der Waals surface area contributed by atoms with Crippen molar-refractivity contribution in [2.75, 3.05) is 5.32 Å². The summed E-state index contributed by atoms with van der Waals surface area (Å²) in [6.45, 7) is 0. The van der Waals surface area contributed by atoms with Crippen molar-refractivity contribution in [2.24, 2.45) is 0 Å². The van der Waals surface area contributed by atoms with Gasteiger partial charge in [-0.1, -0.05) is 48.5 Å². The van der Waals surface area contributed by atoms with E-state index >= 15 is 0 Å². The molecule has 0 aliphatic heterocycles. The molecule has 0 aliphatic carbocycles. The van der Waals surface area contributed by atoms with E-state index in [1.54, 1.807) is 23.7 Å². The monoisotopic (exact) mass is 391 g/mol. The fourth-order valence-electron chi connectivity index (χ4n) is 2.86. The first-order chi connectivity index (χ1) is 13.7. The number of amides is 2. The molecule has 7 heteroatoms. The minimum absolute atomic E-state index is 0.168. The third-order valence-electron chi connectivity index (χ3n) is 4.22. The number of carbonyl (C=O) groups is 2. The van der Waals surface area contributed by atoms with E-state index in [4.69, 9.17) is 4.42 Å². The van der Waals surface area contributed by atoms with Crippen LogP contribution >= 0.6 is 11.3 Å². The Hall–Kier alpha value is -3.45. The van der Waals surface area contributed by atoms with Gasteiger partial charge in [-0.3, -0.25) is 9.59 Å². The second kappa shape index (κ2) is 8.06. The summed E-state index contributed by atoms with van der Waals surface area (Å²) in [5.74, 6) is -0.601. The lowest BCUT2D eigenvalue weighted by molar-refractivity contribution is -0.118. The second-order valence-electron chi connectivity index (χ2n) is 6.19. The molecule has 6 nitrogen and oxygen atoms in total. The largest absolute Gasteiger partial charge is 0.451 e. The van der Waals surface area contributed by atoms with Crippen LogP contribution in [0, 0.1) is 0 Å². The molecule has 2 aromatic heterocycles. The quantitative estimate of drug-likeness (QED) is 0.523. The summed E-state index contributed by atoms with van der Waals surface area (Å²) in [7, 11) is 0. The van der Waals surface area contributed by atoms with Crippen LogP contribution in [0.2, 0.25) is 0 Å². The molecule has 0 bridgehead atoms. The van der Waals surface area contributed by atoms with Crippen molar-refractivity contribution in [1.29, 1.82) is 0 Å². The van der Waals surface area contributed by atoms with Gasteiger partial charge in [-0.05, 0) is 17.7 Å². The lowest BCUT2D eigenvalue weighted by atomic mass is 10.1. The Kier molecular flexibility index (Phi) is 5.16. The molecule has 0 saturated heterocycles. The van der Waals surface area contributed by atoms with Gasteiger partial charge in [-0.15, -0.1) is 11.3 Å². The number of anilines is 1. The number of furan rings is 1. The second-order valence-corrected chi connectivity index (χ2v) is 7.09. The van der Waals surface area contributed by atoms with Crippen molar-refractivity contribution in [3.8, 4) is 0 Å². The first-order valence-corrected chi connectivity index (χ1v) is 9.61. The molecule has 140 valence electrons. The fourth-order valence-corrected chi connectivity index (χ4v) is 3.39. The zero-order valence-electron chi connectivity index (χ0n) is 14.8. The molecule has 0 aliphatic rings. The number of hydrogen-bond acceptors (Lipinski definition) is 5. The highest BCUT2D eigenvalue weighted by Gasteiger charge is 2.24. The summed E-state index contributed by atoms with van der Waals surface area (Å²) in [6.07, 6.45) is 1.96. The van der Waals surface area contributed by atoms with E-state index in [-0.39, 0.29) is 11.7 Å². The molecule has 2 heterocycles. The molecule has 28 heavy (non-hydrogen) atoms. The van der Waals surface area contributed by atoms with Crippen LogP contribution < -0.4 is 10.6 Å². The third-order valence-corrected chi connectivity index (χ3v) is 4.90. The number of nitrogens with zero attached hydrogens (tertiary/aromatic N) is 1. The van der Waals surface area contributed by atoms with Gasteiger partial charge in [0.1, 0.15) is 11.6 Å². The molecule has 2 amide bonds. The molecule has 2 aromatic carbocycles. The molecule has 0 saturated carbocycles. The van der Waals surface area contributed by atoms with Gasteiger partial charge in [0.15, 0.2) is 10.9 Å². The molecule has 4 rings (SSSR count). The SMILES string of the molecule is O=C(NC(Cc1ccccc1)C(=O)Nc1nccs1)c1cc2ccccc2o1. The van der Waals surface area contributed by atoms with Crippen LogP contribution in [-0.2, 0) is 11.2 Å². The van der Waals surface area contributed by atoms with Crippen molar-refractivity contribution in [3.63, 3.8) is 0 Å². The predicted octanol–water partition coefficient (Wildman–Crippen LogP) is 3.87. The molecular formula is C21H17N3O3S. The highest BCUT2D eigenvalue weighted by Crippen LogP contribution is 2.19. The van der Waals surface area contributed by atoms with Crippen LogP contribution in [-0.4, -0.2) is 22.8 Å². The van der Waals surface area contributed by atoms with Crippen LogP contribution in [0.15, 0.2) is 76.7 Å². The molecule has 1 atom stereocenters. The number of benzene rings is 2. The number of nitrogens with one attached hydrogen (secondary N) is 2. The summed E-state index contributed by atoms with van der Waals surface area (Å²) in [5, 5.41) is 8.63. The Bertz CT molecular complexity index is 1060. The Labute approximate surface area is 165 Å². The predicted molar refractivity (Wildman–Crippen MR) is 108 cm³/mol. The van der Waals surface area contributed by atoms with Crippen molar-refractivity contribution < 1.29 is 14.0 Å². The zero-order chi connectivity index (χ0) is 19.3. The van der Waals surface area contributed by atoms with Crippen LogP contribution in [0.4, 0.5) is 5.13 Å². The topological polar surface area (TPSA) is 84.2 Å². The maximum atomic E-state index is 12.8. The Morgan fingerprint density at radius 3 is 2.61 bits per heavy atom. The van der Waals surface area contributed by atoms with E-state index in [2.05, 4.69) is 15.6 Å². The summed E-state index contributed by atoms with van der Waals surface area (Å²) >= 11 is 1.32. The standard InChI is InChI=1S/C21H17N3O3S/c25-19(24-21-22-10-11-28-21)16(12-14-6-2-1-3-7-14)23-20(26)18-13-15-8-4-5-9-17(15)27-18/h1-11,13,16H,12H2,(H,23,26)(H,22,24,25). The van der Waals surface area contributed by atoms with Crippen LogP contribution in [0.1, 0.15) is 16.1 Å². The Morgan fingerprint density at radius 1 is 1.07 bits per heavy atom. The number of hydrogen-bond donors (Lipinski definition) is 2. The van der Waals surface area contributed by atoms with Crippen LogP contribution in [0.3, 0.4) is 0 Å². The molecule has 0 radical (unpaired) electrons. The zero-order valence-corrected chi connectivity index (χ0v) is 15.6. The van der Waals surface area contributed by atoms with E-state index in [9.17, 15) is 9.59 Å². The summed E-state index contributed by atoms with van der Waals surface area (Å²) in [4.78, 5) is 29.6. The van der Waals surface area contributed by atoms with Crippen molar-refractivity contribution in [2.45, 2.75) is 12.5 Å². The molecule has 0 fully saturated rings. The highest BCUT2D eigenvalue weighted by molar-refractivity contribution is 7.13. The van der Waals surface area contributed by atoms with Crippen LogP contribution in [0.25, 0.3) is 11.0 Å².